The van der Waals surface area contributed by atoms with Crippen molar-refractivity contribution in [1.29, 1.82) is 0 Å². The Morgan fingerprint density at radius 2 is 1.36 bits per heavy atom. The number of hydrazine groups is 1. The Labute approximate surface area is 197 Å². The largest absolute Gasteiger partial charge is 0.444 e. The van der Waals surface area contributed by atoms with E-state index >= 15 is 0 Å². The lowest BCUT2D eigenvalue weighted by molar-refractivity contribution is -0.134. The molecule has 1 aliphatic rings. The third-order valence-corrected chi connectivity index (χ3v) is 5.07. The molecule has 10 heteroatoms. The molecule has 1 fully saturated rings. The number of carbonyl (C=O) groups excluding carboxylic acids is 4. The van der Waals surface area contributed by atoms with Gasteiger partial charge in [0.25, 0.3) is 5.91 Å². The maximum absolute atomic E-state index is 13.0. The van der Waals surface area contributed by atoms with Crippen LogP contribution in [0.15, 0.2) is 0 Å². The lowest BCUT2D eigenvalue weighted by atomic mass is 9.98. The third-order valence-electron chi connectivity index (χ3n) is 5.07. The van der Waals surface area contributed by atoms with Crippen LogP contribution in [0.1, 0.15) is 74.1 Å². The van der Waals surface area contributed by atoms with Gasteiger partial charge in [0.2, 0.25) is 11.8 Å². The molecule has 0 radical (unpaired) electrons. The van der Waals surface area contributed by atoms with Crippen molar-refractivity contribution < 1.29 is 23.9 Å². The average molecular weight is 470 g/mol. The second kappa shape index (κ2) is 13.4. The van der Waals surface area contributed by atoms with Crippen LogP contribution in [0.25, 0.3) is 0 Å². The van der Waals surface area contributed by atoms with Crippen molar-refractivity contribution in [3.8, 4) is 0 Å². The molecular weight excluding hydrogens is 426 g/mol. The zero-order valence-corrected chi connectivity index (χ0v) is 21.2. The van der Waals surface area contributed by atoms with E-state index in [-0.39, 0.29) is 23.7 Å². The Kier molecular flexibility index (Phi) is 11.6. The molecule has 0 aromatic carbocycles. The lowest BCUT2D eigenvalue weighted by Crippen LogP contribution is -2.57. The number of hydrogen-bond acceptors (Lipinski definition) is 6. The Bertz CT molecular complexity index is 669. The van der Waals surface area contributed by atoms with Crippen LogP contribution in [0.2, 0.25) is 0 Å². The van der Waals surface area contributed by atoms with Crippen LogP contribution in [-0.2, 0) is 19.1 Å². The van der Waals surface area contributed by atoms with Crippen LogP contribution in [0.5, 0.6) is 0 Å². The quantitative estimate of drug-likeness (QED) is 0.325. The maximum atomic E-state index is 13.0. The van der Waals surface area contributed by atoms with Crippen LogP contribution in [-0.4, -0.2) is 54.6 Å². The van der Waals surface area contributed by atoms with Gasteiger partial charge >= 0.3 is 6.09 Å². The summed E-state index contributed by atoms with van der Waals surface area (Å²) in [6, 6.07) is -1.72. The normalized spacial score (nSPS) is 16.6. The molecule has 0 aromatic heterocycles. The molecule has 33 heavy (non-hydrogen) atoms. The highest BCUT2D eigenvalue weighted by Gasteiger charge is 2.30. The second-order valence-corrected chi connectivity index (χ2v) is 10.5. The highest BCUT2D eigenvalue weighted by atomic mass is 16.6. The van der Waals surface area contributed by atoms with E-state index in [2.05, 4.69) is 26.8 Å². The predicted molar refractivity (Wildman–Crippen MR) is 126 cm³/mol. The average Bonchev–Trinajstić information content (AvgIpc) is 2.69. The van der Waals surface area contributed by atoms with Crippen LogP contribution in [0, 0.1) is 17.8 Å². The summed E-state index contributed by atoms with van der Waals surface area (Å²) in [7, 11) is 0. The zero-order chi connectivity index (χ0) is 25.2. The fourth-order valence-electron chi connectivity index (χ4n) is 3.52. The third kappa shape index (κ3) is 11.9. The molecule has 1 rings (SSSR count). The van der Waals surface area contributed by atoms with Crippen LogP contribution in [0.4, 0.5) is 4.79 Å². The molecule has 190 valence electrons. The Balaban J connectivity index is 2.78. The fourth-order valence-corrected chi connectivity index (χ4v) is 3.52. The smallest absolute Gasteiger partial charge is 0.408 e. The molecule has 4 amide bonds. The number of amides is 4. The van der Waals surface area contributed by atoms with Gasteiger partial charge in [-0.15, -0.1) is 0 Å². The molecule has 0 aromatic rings. The Morgan fingerprint density at radius 3 is 1.85 bits per heavy atom. The number of hydrogen-bond donors (Lipinski definition) is 5. The number of piperidine rings is 1. The van der Waals surface area contributed by atoms with E-state index < -0.39 is 35.6 Å². The highest BCUT2D eigenvalue weighted by Crippen LogP contribution is 2.12. The van der Waals surface area contributed by atoms with Crippen molar-refractivity contribution in [1.82, 2.24) is 26.8 Å². The lowest BCUT2D eigenvalue weighted by Gasteiger charge is -2.27. The fraction of sp³-hybridized carbons (Fsp3) is 0.826. The van der Waals surface area contributed by atoms with Gasteiger partial charge in [-0.3, -0.25) is 25.2 Å². The van der Waals surface area contributed by atoms with Gasteiger partial charge in [0, 0.05) is 5.92 Å². The standard InChI is InChI=1S/C23H43N5O5/c1-14(2)12-17(26-22(32)33-23(5,6)7)20(30)25-18(13-15(3)4)21(31)28-27-19(29)16-8-10-24-11-9-16/h14-18,24H,8-13H2,1-7H3,(H,25,30)(H,26,32)(H,27,29)(H,28,31)/t17-,18+/m0/s1. The minimum atomic E-state index is -0.860. The molecule has 0 bridgehead atoms. The van der Waals surface area contributed by atoms with Crippen LogP contribution in [0.3, 0.4) is 0 Å². The highest BCUT2D eigenvalue weighted by molar-refractivity contribution is 5.92. The van der Waals surface area contributed by atoms with E-state index in [4.69, 9.17) is 4.74 Å². The number of alkyl carbamates (subject to hydrolysis) is 1. The van der Waals surface area contributed by atoms with Crippen molar-refractivity contribution in [3.63, 3.8) is 0 Å². The number of carbonyl (C=O) groups is 4. The molecule has 1 saturated heterocycles. The van der Waals surface area contributed by atoms with Crippen molar-refractivity contribution in [2.75, 3.05) is 13.1 Å². The van der Waals surface area contributed by atoms with E-state index in [0.717, 1.165) is 13.1 Å². The number of rotatable bonds is 9. The number of ether oxygens (including phenoxy) is 1. The van der Waals surface area contributed by atoms with Crippen molar-refractivity contribution in [3.05, 3.63) is 0 Å². The van der Waals surface area contributed by atoms with E-state index in [0.29, 0.717) is 25.7 Å². The van der Waals surface area contributed by atoms with Gasteiger partial charge in [0.1, 0.15) is 17.7 Å². The first-order valence-corrected chi connectivity index (χ1v) is 11.9. The molecule has 5 N–H and O–H groups in total. The van der Waals surface area contributed by atoms with Crippen molar-refractivity contribution in [2.45, 2.75) is 91.8 Å². The summed E-state index contributed by atoms with van der Waals surface area (Å²) in [6.07, 6.45) is 1.49. The van der Waals surface area contributed by atoms with E-state index in [9.17, 15) is 19.2 Å². The molecule has 1 heterocycles. The minimum Gasteiger partial charge on any atom is -0.444 e. The predicted octanol–water partition coefficient (Wildman–Crippen LogP) is 1.60. The first kappa shape index (κ1) is 28.7. The van der Waals surface area contributed by atoms with Crippen LogP contribution >= 0.6 is 0 Å². The van der Waals surface area contributed by atoms with Gasteiger partial charge in [-0.1, -0.05) is 27.7 Å². The van der Waals surface area contributed by atoms with E-state index in [1.165, 1.54) is 0 Å². The van der Waals surface area contributed by atoms with E-state index in [1.54, 1.807) is 20.8 Å². The molecule has 0 saturated carbocycles. The van der Waals surface area contributed by atoms with Crippen LogP contribution < -0.4 is 26.8 Å². The molecule has 0 unspecified atom stereocenters. The topological polar surface area (TPSA) is 138 Å². The first-order valence-electron chi connectivity index (χ1n) is 11.9. The van der Waals surface area contributed by atoms with Gasteiger partial charge in [0.15, 0.2) is 0 Å². The van der Waals surface area contributed by atoms with Gasteiger partial charge in [-0.2, -0.15) is 0 Å². The summed E-state index contributed by atoms with van der Waals surface area (Å²) in [5.74, 6) is -1.12. The van der Waals surface area contributed by atoms with Crippen molar-refractivity contribution >= 4 is 23.8 Å². The van der Waals surface area contributed by atoms with E-state index in [1.807, 2.05) is 27.7 Å². The maximum Gasteiger partial charge on any atom is 0.408 e. The summed E-state index contributed by atoms with van der Waals surface area (Å²) in [5, 5.41) is 8.55. The summed E-state index contributed by atoms with van der Waals surface area (Å²) in [5.41, 5.74) is 4.25. The molecular formula is C23H43N5O5. The van der Waals surface area contributed by atoms with Crippen molar-refractivity contribution in [2.24, 2.45) is 17.8 Å². The molecule has 2 atom stereocenters. The summed E-state index contributed by atoms with van der Waals surface area (Å²) < 4.78 is 5.28. The summed E-state index contributed by atoms with van der Waals surface area (Å²) >= 11 is 0. The Hall–Kier alpha value is -2.36. The first-order chi connectivity index (χ1) is 15.3. The van der Waals surface area contributed by atoms with Gasteiger partial charge in [-0.25, -0.2) is 4.79 Å². The number of nitrogens with one attached hydrogen (secondary N) is 5. The second-order valence-electron chi connectivity index (χ2n) is 10.5. The monoisotopic (exact) mass is 469 g/mol. The van der Waals surface area contributed by atoms with Gasteiger partial charge in [0.05, 0.1) is 0 Å². The molecule has 0 aliphatic carbocycles. The molecule has 10 nitrogen and oxygen atoms in total. The van der Waals surface area contributed by atoms with Gasteiger partial charge in [-0.05, 0) is 71.4 Å². The molecule has 0 spiro atoms. The summed E-state index contributed by atoms with van der Waals surface area (Å²) in [6.45, 7) is 14.5. The minimum absolute atomic E-state index is 0.114. The molecule has 1 aliphatic heterocycles. The summed E-state index contributed by atoms with van der Waals surface area (Å²) in [4.78, 5) is 50.4. The SMILES string of the molecule is CC(C)C[C@H](NC(=O)OC(C)(C)C)C(=O)N[C@H](CC(C)C)C(=O)NNC(=O)C1CCNCC1. The Morgan fingerprint density at radius 1 is 0.848 bits per heavy atom. The van der Waals surface area contributed by atoms with Gasteiger partial charge < -0.3 is 20.7 Å². The zero-order valence-electron chi connectivity index (χ0n) is 21.2.